The lowest BCUT2D eigenvalue weighted by atomic mass is 10.2. The maximum absolute atomic E-state index is 11.7. The van der Waals surface area contributed by atoms with Gasteiger partial charge < -0.3 is 5.32 Å². The summed E-state index contributed by atoms with van der Waals surface area (Å²) in [5.74, 6) is 0.796. The standard InChI is InChI=1S/C13H16N2OS/c1-2-8-14-12(16)11-9-17-13(15-11)10-6-4-3-5-7-10/h3-7,11H,2,8-9H2,1H3,(H,14,16). The quantitative estimate of drug-likeness (QED) is 0.886. The molecule has 1 amide bonds. The van der Waals surface area contributed by atoms with E-state index in [1.807, 2.05) is 37.3 Å². The molecule has 1 heterocycles. The molecule has 1 unspecified atom stereocenters. The summed E-state index contributed by atoms with van der Waals surface area (Å²) in [5.41, 5.74) is 1.10. The lowest BCUT2D eigenvalue weighted by Gasteiger charge is -2.05. The van der Waals surface area contributed by atoms with E-state index < -0.39 is 0 Å². The fourth-order valence-electron chi connectivity index (χ4n) is 1.61. The number of carbonyl (C=O) groups is 1. The molecule has 0 spiro atoms. The van der Waals surface area contributed by atoms with Gasteiger partial charge in [-0.3, -0.25) is 9.79 Å². The summed E-state index contributed by atoms with van der Waals surface area (Å²) in [6, 6.07) is 9.79. The van der Waals surface area contributed by atoms with E-state index in [2.05, 4.69) is 10.3 Å². The van der Waals surface area contributed by atoms with Gasteiger partial charge in [0, 0.05) is 17.9 Å². The van der Waals surface area contributed by atoms with Crippen molar-refractivity contribution in [2.75, 3.05) is 12.3 Å². The number of hydrogen-bond acceptors (Lipinski definition) is 3. The molecule has 90 valence electrons. The largest absolute Gasteiger partial charge is 0.354 e. The van der Waals surface area contributed by atoms with Crippen molar-refractivity contribution >= 4 is 22.7 Å². The summed E-state index contributed by atoms with van der Waals surface area (Å²) in [6.45, 7) is 2.78. The normalized spacial score (nSPS) is 18.9. The highest BCUT2D eigenvalue weighted by Gasteiger charge is 2.24. The van der Waals surface area contributed by atoms with E-state index in [1.165, 1.54) is 0 Å². The second kappa shape index (κ2) is 5.87. The summed E-state index contributed by atoms with van der Waals surface area (Å²) in [7, 11) is 0. The fraction of sp³-hybridized carbons (Fsp3) is 0.385. The molecule has 3 nitrogen and oxygen atoms in total. The van der Waals surface area contributed by atoms with Gasteiger partial charge in [0.15, 0.2) is 0 Å². The van der Waals surface area contributed by atoms with E-state index in [0.717, 1.165) is 29.3 Å². The summed E-state index contributed by atoms with van der Waals surface area (Å²) < 4.78 is 0. The predicted molar refractivity (Wildman–Crippen MR) is 72.5 cm³/mol. The van der Waals surface area contributed by atoms with Gasteiger partial charge in [-0.1, -0.05) is 37.3 Å². The lowest BCUT2D eigenvalue weighted by Crippen LogP contribution is -2.34. The zero-order chi connectivity index (χ0) is 12.1. The van der Waals surface area contributed by atoms with E-state index in [9.17, 15) is 4.79 Å². The summed E-state index contributed by atoms with van der Waals surface area (Å²) in [4.78, 5) is 16.2. The Morgan fingerprint density at radius 2 is 2.24 bits per heavy atom. The number of hydrogen-bond donors (Lipinski definition) is 1. The number of benzene rings is 1. The van der Waals surface area contributed by atoms with Crippen LogP contribution in [0.2, 0.25) is 0 Å². The average molecular weight is 248 g/mol. The van der Waals surface area contributed by atoms with Crippen LogP contribution in [0.5, 0.6) is 0 Å². The Hall–Kier alpha value is -1.29. The molecule has 0 saturated carbocycles. The van der Waals surface area contributed by atoms with E-state index >= 15 is 0 Å². The van der Waals surface area contributed by atoms with Crippen LogP contribution in [0.1, 0.15) is 18.9 Å². The zero-order valence-corrected chi connectivity index (χ0v) is 10.7. The van der Waals surface area contributed by atoms with Crippen molar-refractivity contribution in [1.82, 2.24) is 5.32 Å². The first-order valence-corrected chi connectivity index (χ1v) is 6.83. The third kappa shape index (κ3) is 3.09. The smallest absolute Gasteiger partial charge is 0.245 e. The number of thioether (sulfide) groups is 1. The first-order valence-electron chi connectivity index (χ1n) is 5.85. The minimum Gasteiger partial charge on any atom is -0.354 e. The molecule has 17 heavy (non-hydrogen) atoms. The van der Waals surface area contributed by atoms with Gasteiger partial charge in [0.25, 0.3) is 0 Å². The molecule has 0 aromatic heterocycles. The zero-order valence-electron chi connectivity index (χ0n) is 9.85. The van der Waals surface area contributed by atoms with Crippen molar-refractivity contribution in [3.8, 4) is 0 Å². The SMILES string of the molecule is CCCNC(=O)C1CSC(c2ccccc2)=N1. The molecule has 1 aliphatic heterocycles. The summed E-state index contributed by atoms with van der Waals surface area (Å²) in [6.07, 6.45) is 0.959. The van der Waals surface area contributed by atoms with Gasteiger partial charge in [0.2, 0.25) is 5.91 Å². The van der Waals surface area contributed by atoms with E-state index in [4.69, 9.17) is 0 Å². The Morgan fingerprint density at radius 1 is 1.47 bits per heavy atom. The molecule has 0 bridgehead atoms. The number of amides is 1. The van der Waals surface area contributed by atoms with Crippen molar-refractivity contribution in [2.24, 2.45) is 4.99 Å². The van der Waals surface area contributed by atoms with Crippen molar-refractivity contribution < 1.29 is 4.79 Å². The van der Waals surface area contributed by atoms with Gasteiger partial charge in [-0.15, -0.1) is 11.8 Å². The van der Waals surface area contributed by atoms with Gasteiger partial charge in [-0.2, -0.15) is 0 Å². The van der Waals surface area contributed by atoms with Crippen LogP contribution in [0.25, 0.3) is 0 Å². The predicted octanol–water partition coefficient (Wildman–Crippen LogP) is 2.07. The monoisotopic (exact) mass is 248 g/mol. The van der Waals surface area contributed by atoms with E-state index in [-0.39, 0.29) is 11.9 Å². The molecule has 1 N–H and O–H groups in total. The number of aliphatic imine (C=N–C) groups is 1. The highest BCUT2D eigenvalue weighted by Crippen LogP contribution is 2.23. The Kier molecular flexibility index (Phi) is 4.20. The highest BCUT2D eigenvalue weighted by atomic mass is 32.2. The Bertz CT molecular complexity index is 417. The van der Waals surface area contributed by atoms with Crippen LogP contribution in [-0.2, 0) is 4.79 Å². The number of nitrogens with zero attached hydrogens (tertiary/aromatic N) is 1. The molecular weight excluding hydrogens is 232 g/mol. The second-order valence-electron chi connectivity index (χ2n) is 3.92. The van der Waals surface area contributed by atoms with Gasteiger partial charge in [0.1, 0.15) is 6.04 Å². The molecule has 1 aliphatic rings. The van der Waals surface area contributed by atoms with Crippen LogP contribution < -0.4 is 5.32 Å². The molecule has 0 aliphatic carbocycles. The highest BCUT2D eigenvalue weighted by molar-refractivity contribution is 8.14. The van der Waals surface area contributed by atoms with Crippen molar-refractivity contribution in [2.45, 2.75) is 19.4 Å². The molecule has 1 atom stereocenters. The van der Waals surface area contributed by atoms with Crippen molar-refractivity contribution in [1.29, 1.82) is 0 Å². The molecule has 0 radical (unpaired) electrons. The molecule has 1 aromatic carbocycles. The molecule has 0 saturated heterocycles. The van der Waals surface area contributed by atoms with Crippen LogP contribution in [0.15, 0.2) is 35.3 Å². The first kappa shape index (κ1) is 12.2. The molecule has 1 aromatic rings. The molecular formula is C13H16N2OS. The maximum Gasteiger partial charge on any atom is 0.245 e. The van der Waals surface area contributed by atoms with Gasteiger partial charge in [-0.25, -0.2) is 0 Å². The van der Waals surface area contributed by atoms with E-state index in [0.29, 0.717) is 0 Å². The van der Waals surface area contributed by atoms with Crippen molar-refractivity contribution in [3.05, 3.63) is 35.9 Å². The second-order valence-corrected chi connectivity index (χ2v) is 4.93. The van der Waals surface area contributed by atoms with Crippen LogP contribution >= 0.6 is 11.8 Å². The van der Waals surface area contributed by atoms with Crippen LogP contribution in [0.4, 0.5) is 0 Å². The Labute approximate surface area is 106 Å². The molecule has 0 fully saturated rings. The average Bonchev–Trinajstić information content (AvgIpc) is 2.86. The first-order chi connectivity index (χ1) is 8.31. The van der Waals surface area contributed by atoms with Gasteiger partial charge in [0.05, 0.1) is 5.04 Å². The maximum atomic E-state index is 11.7. The molecule has 2 rings (SSSR count). The third-order valence-electron chi connectivity index (χ3n) is 2.52. The van der Waals surface area contributed by atoms with Crippen LogP contribution in [0, 0.1) is 0 Å². The van der Waals surface area contributed by atoms with Crippen molar-refractivity contribution in [3.63, 3.8) is 0 Å². The van der Waals surface area contributed by atoms with Gasteiger partial charge >= 0.3 is 0 Å². The number of carbonyl (C=O) groups excluding carboxylic acids is 1. The summed E-state index contributed by atoms with van der Waals surface area (Å²) in [5, 5.41) is 3.86. The Morgan fingerprint density at radius 3 is 2.94 bits per heavy atom. The summed E-state index contributed by atoms with van der Waals surface area (Å²) >= 11 is 1.65. The topological polar surface area (TPSA) is 41.5 Å². The minimum absolute atomic E-state index is 0.0466. The fourth-order valence-corrected chi connectivity index (χ4v) is 2.66. The molecule has 4 heteroatoms. The minimum atomic E-state index is -0.221. The van der Waals surface area contributed by atoms with Gasteiger partial charge in [-0.05, 0) is 6.42 Å². The Balaban J connectivity index is 2.02. The third-order valence-corrected chi connectivity index (χ3v) is 3.62. The van der Waals surface area contributed by atoms with E-state index in [1.54, 1.807) is 11.8 Å². The van der Waals surface area contributed by atoms with Crippen LogP contribution in [0.3, 0.4) is 0 Å². The lowest BCUT2D eigenvalue weighted by molar-refractivity contribution is -0.121. The van der Waals surface area contributed by atoms with Crippen LogP contribution in [-0.4, -0.2) is 29.3 Å². The number of rotatable bonds is 4. The number of nitrogens with one attached hydrogen (secondary N) is 1.